The molecule has 0 aromatic carbocycles. The maximum absolute atomic E-state index is 12.0. The summed E-state index contributed by atoms with van der Waals surface area (Å²) >= 11 is 0. The second kappa shape index (κ2) is 3.62. The van der Waals surface area contributed by atoms with Crippen molar-refractivity contribution >= 4 is 21.1 Å². The van der Waals surface area contributed by atoms with E-state index in [9.17, 15) is 21.6 Å². The molecule has 2 aromatic rings. The van der Waals surface area contributed by atoms with Gasteiger partial charge in [0.25, 0.3) is 0 Å². The number of alkyl halides is 3. The Bertz CT molecular complexity index is 646. The highest BCUT2D eigenvalue weighted by atomic mass is 32.2. The molecule has 17 heavy (non-hydrogen) atoms. The van der Waals surface area contributed by atoms with Gasteiger partial charge in [0.15, 0.2) is 5.58 Å². The fourth-order valence-corrected chi connectivity index (χ4v) is 1.46. The minimum atomic E-state index is -5.70. The van der Waals surface area contributed by atoms with E-state index >= 15 is 0 Å². The zero-order valence-corrected chi connectivity index (χ0v) is 8.75. The Morgan fingerprint density at radius 1 is 1.35 bits per heavy atom. The van der Waals surface area contributed by atoms with E-state index in [0.29, 0.717) is 11.0 Å². The quantitative estimate of drug-likeness (QED) is 0.615. The van der Waals surface area contributed by atoms with Crippen LogP contribution in [0.3, 0.4) is 0 Å². The number of fused-ring (bicyclic) bond motifs is 1. The summed E-state index contributed by atoms with van der Waals surface area (Å²) in [5, 5.41) is 0.382. The molecule has 2 heterocycles. The lowest BCUT2D eigenvalue weighted by Crippen LogP contribution is -2.28. The molecule has 0 aliphatic rings. The number of hydrogen-bond donors (Lipinski definition) is 0. The average Bonchev–Trinajstić information content (AvgIpc) is 2.62. The Hall–Kier alpha value is -1.77. The molecule has 0 unspecified atom stereocenters. The highest BCUT2D eigenvalue weighted by Gasteiger charge is 2.48. The third kappa shape index (κ3) is 2.18. The lowest BCUT2D eigenvalue weighted by atomic mass is 10.3. The van der Waals surface area contributed by atoms with E-state index in [1.54, 1.807) is 0 Å². The van der Waals surface area contributed by atoms with Crippen LogP contribution in [-0.4, -0.2) is 18.9 Å². The van der Waals surface area contributed by atoms with Crippen molar-refractivity contribution < 1.29 is 30.2 Å². The zero-order valence-electron chi connectivity index (χ0n) is 7.93. The van der Waals surface area contributed by atoms with Crippen molar-refractivity contribution in [2.45, 2.75) is 5.51 Å². The molecular formula is C8H4F3NO4S. The minimum absolute atomic E-state index is 0.307. The van der Waals surface area contributed by atoms with E-state index in [4.69, 9.17) is 4.42 Å². The average molecular weight is 267 g/mol. The highest BCUT2D eigenvalue weighted by Crippen LogP contribution is 2.27. The predicted molar refractivity (Wildman–Crippen MR) is 49.6 cm³/mol. The first-order valence-electron chi connectivity index (χ1n) is 4.13. The Balaban J connectivity index is 2.36. The third-order valence-corrected chi connectivity index (χ3v) is 2.75. The van der Waals surface area contributed by atoms with Gasteiger partial charge >= 0.3 is 15.6 Å². The Morgan fingerprint density at radius 2 is 2.06 bits per heavy atom. The van der Waals surface area contributed by atoms with Gasteiger partial charge in [0.2, 0.25) is 5.88 Å². The van der Waals surface area contributed by atoms with Crippen LogP contribution < -0.4 is 4.18 Å². The Kier molecular flexibility index (Phi) is 2.49. The standard InChI is InChI=1S/C8H4F3NO4S/c9-8(10,11)17(13,14)16-7-3-5-1-2-15-6(5)4-12-7/h1-4H. The highest BCUT2D eigenvalue weighted by molar-refractivity contribution is 7.87. The number of rotatable bonds is 2. The van der Waals surface area contributed by atoms with Crippen molar-refractivity contribution in [2.75, 3.05) is 0 Å². The number of hydrogen-bond acceptors (Lipinski definition) is 5. The van der Waals surface area contributed by atoms with Crippen molar-refractivity contribution in [2.24, 2.45) is 0 Å². The molecule has 5 nitrogen and oxygen atoms in total. The van der Waals surface area contributed by atoms with E-state index in [-0.39, 0.29) is 0 Å². The largest absolute Gasteiger partial charge is 0.534 e. The fraction of sp³-hybridized carbons (Fsp3) is 0.125. The molecule has 0 saturated heterocycles. The number of aromatic nitrogens is 1. The summed E-state index contributed by atoms with van der Waals surface area (Å²) in [4.78, 5) is 3.38. The van der Waals surface area contributed by atoms with Gasteiger partial charge in [-0.2, -0.15) is 21.6 Å². The normalized spacial score (nSPS) is 12.9. The smallest absolute Gasteiger partial charge is 0.463 e. The molecule has 0 N–H and O–H groups in total. The van der Waals surface area contributed by atoms with Gasteiger partial charge in [-0.15, -0.1) is 0 Å². The van der Waals surface area contributed by atoms with E-state index in [1.807, 2.05) is 0 Å². The molecule has 9 heteroatoms. The SMILES string of the molecule is O=S(=O)(Oc1cc2ccoc2cn1)C(F)(F)F. The van der Waals surface area contributed by atoms with Gasteiger partial charge < -0.3 is 8.60 Å². The van der Waals surface area contributed by atoms with Crippen molar-refractivity contribution in [1.29, 1.82) is 0 Å². The molecule has 0 aliphatic carbocycles. The van der Waals surface area contributed by atoms with Crippen molar-refractivity contribution in [3.05, 3.63) is 24.6 Å². The van der Waals surface area contributed by atoms with E-state index in [2.05, 4.69) is 9.17 Å². The molecule has 0 fully saturated rings. The monoisotopic (exact) mass is 267 g/mol. The van der Waals surface area contributed by atoms with Crippen LogP contribution in [0.2, 0.25) is 0 Å². The van der Waals surface area contributed by atoms with Crippen LogP contribution in [-0.2, 0) is 10.1 Å². The van der Waals surface area contributed by atoms with Gasteiger partial charge in [-0.3, -0.25) is 0 Å². The molecule has 0 saturated carbocycles. The number of pyridine rings is 1. The molecule has 0 amide bonds. The molecule has 2 rings (SSSR count). The van der Waals surface area contributed by atoms with E-state index < -0.39 is 21.5 Å². The molecule has 0 bridgehead atoms. The maximum atomic E-state index is 12.0. The maximum Gasteiger partial charge on any atom is 0.534 e. The van der Waals surface area contributed by atoms with Gasteiger partial charge in [-0.1, -0.05) is 0 Å². The van der Waals surface area contributed by atoms with Gasteiger partial charge in [0, 0.05) is 11.5 Å². The first-order chi connectivity index (χ1) is 7.79. The minimum Gasteiger partial charge on any atom is -0.463 e. The van der Waals surface area contributed by atoms with Crippen molar-refractivity contribution in [3.63, 3.8) is 0 Å². The number of nitrogens with zero attached hydrogens (tertiary/aromatic N) is 1. The van der Waals surface area contributed by atoms with Crippen molar-refractivity contribution in [1.82, 2.24) is 4.98 Å². The first-order valence-corrected chi connectivity index (χ1v) is 5.54. The van der Waals surface area contributed by atoms with Crippen LogP contribution in [0.5, 0.6) is 5.88 Å². The third-order valence-electron chi connectivity index (χ3n) is 1.79. The molecule has 0 radical (unpaired) electrons. The van der Waals surface area contributed by atoms with Crippen LogP contribution in [0.4, 0.5) is 13.2 Å². The number of halogens is 3. The van der Waals surface area contributed by atoms with Crippen LogP contribution >= 0.6 is 0 Å². The Labute approximate surface area is 92.9 Å². The summed E-state index contributed by atoms with van der Waals surface area (Å²) in [7, 11) is -5.70. The topological polar surface area (TPSA) is 69.4 Å². The molecule has 0 spiro atoms. The Morgan fingerprint density at radius 3 is 2.71 bits per heavy atom. The van der Waals surface area contributed by atoms with Crippen LogP contribution in [0.15, 0.2) is 29.0 Å². The van der Waals surface area contributed by atoms with E-state index in [0.717, 1.165) is 12.3 Å². The van der Waals surface area contributed by atoms with Gasteiger partial charge in [0.05, 0.1) is 12.5 Å². The molecule has 0 aliphatic heterocycles. The summed E-state index contributed by atoms with van der Waals surface area (Å²) in [6.45, 7) is 0. The lowest BCUT2D eigenvalue weighted by molar-refractivity contribution is -0.0501. The summed E-state index contributed by atoms with van der Waals surface area (Å²) in [5.74, 6) is -0.670. The van der Waals surface area contributed by atoms with E-state index in [1.165, 1.54) is 12.3 Å². The summed E-state index contributed by atoms with van der Waals surface area (Å²) < 4.78 is 66.1. The van der Waals surface area contributed by atoms with Gasteiger partial charge in [-0.25, -0.2) is 4.98 Å². The molecular weight excluding hydrogens is 263 g/mol. The second-order valence-electron chi connectivity index (χ2n) is 2.96. The van der Waals surface area contributed by atoms with Crippen LogP contribution in [0.25, 0.3) is 11.0 Å². The summed E-state index contributed by atoms with van der Waals surface area (Å²) in [5.41, 5.74) is -5.18. The molecule has 0 atom stereocenters. The van der Waals surface area contributed by atoms with Gasteiger partial charge in [0.1, 0.15) is 0 Å². The van der Waals surface area contributed by atoms with Crippen LogP contribution in [0.1, 0.15) is 0 Å². The van der Waals surface area contributed by atoms with Gasteiger partial charge in [-0.05, 0) is 6.07 Å². The van der Waals surface area contributed by atoms with Crippen molar-refractivity contribution in [3.8, 4) is 5.88 Å². The van der Waals surface area contributed by atoms with Crippen LogP contribution in [0, 0.1) is 0 Å². The lowest BCUT2D eigenvalue weighted by Gasteiger charge is -2.07. The fourth-order valence-electron chi connectivity index (χ4n) is 1.05. The second-order valence-corrected chi connectivity index (χ2v) is 4.50. The molecule has 92 valence electrons. The molecule has 2 aromatic heterocycles. The number of furan rings is 1. The summed E-state index contributed by atoms with van der Waals surface area (Å²) in [6.07, 6.45) is 2.35. The predicted octanol–water partition coefficient (Wildman–Crippen LogP) is 2.06. The zero-order chi connectivity index (χ0) is 12.7. The first kappa shape index (κ1) is 11.7. The summed E-state index contributed by atoms with van der Waals surface area (Å²) in [6, 6.07) is 2.46.